The summed E-state index contributed by atoms with van der Waals surface area (Å²) >= 11 is 6.07. The number of nitrogens with zero attached hydrogens (tertiary/aromatic N) is 1. The Hall–Kier alpha value is -1.59. The summed E-state index contributed by atoms with van der Waals surface area (Å²) in [7, 11) is 0. The molecule has 6 heteroatoms. The second-order valence-corrected chi connectivity index (χ2v) is 6.61. The van der Waals surface area contributed by atoms with Crippen LogP contribution >= 0.6 is 11.6 Å². The van der Waals surface area contributed by atoms with Gasteiger partial charge < -0.3 is 15.1 Å². The summed E-state index contributed by atoms with van der Waals surface area (Å²) in [5.41, 5.74) is 0.0212. The number of carboxylic acids is 1. The minimum Gasteiger partial charge on any atom is -0.481 e. The third kappa shape index (κ3) is 3.35. The van der Waals surface area contributed by atoms with Crippen molar-refractivity contribution in [2.75, 3.05) is 13.1 Å². The molecule has 0 aliphatic carbocycles. The van der Waals surface area contributed by atoms with Crippen molar-refractivity contribution in [3.63, 3.8) is 0 Å². The molecule has 0 bridgehead atoms. The van der Waals surface area contributed by atoms with E-state index in [0.29, 0.717) is 30.0 Å². The topological polar surface area (TPSA) is 77.8 Å². The van der Waals surface area contributed by atoms with Gasteiger partial charge in [-0.05, 0) is 37.5 Å². The Labute approximate surface area is 140 Å². The van der Waals surface area contributed by atoms with E-state index < -0.39 is 17.5 Å². The SMILES string of the molecule is CCC[C@@]1(C(=O)O)CN(C(=O)c2ccc(C)c(Cl)c2)CC[C@H]1O. The first kappa shape index (κ1) is 17.8. The molecule has 0 spiro atoms. The minimum atomic E-state index is -1.29. The van der Waals surface area contributed by atoms with Crippen molar-refractivity contribution in [2.24, 2.45) is 5.41 Å². The van der Waals surface area contributed by atoms with Crippen molar-refractivity contribution >= 4 is 23.5 Å². The monoisotopic (exact) mass is 339 g/mol. The number of piperidine rings is 1. The Morgan fingerprint density at radius 3 is 2.70 bits per heavy atom. The summed E-state index contributed by atoms with van der Waals surface area (Å²) in [6.45, 7) is 4.08. The fraction of sp³-hybridized carbons (Fsp3) is 0.529. The lowest BCUT2D eigenvalue weighted by Gasteiger charge is -2.43. The lowest BCUT2D eigenvalue weighted by molar-refractivity contribution is -0.162. The highest BCUT2D eigenvalue weighted by Crippen LogP contribution is 2.36. The second kappa shape index (κ2) is 6.89. The molecule has 0 radical (unpaired) electrons. The van der Waals surface area contributed by atoms with E-state index in [0.717, 1.165) is 5.56 Å². The fourth-order valence-electron chi connectivity index (χ4n) is 3.17. The molecule has 23 heavy (non-hydrogen) atoms. The number of aryl methyl sites for hydroxylation is 1. The molecule has 5 nitrogen and oxygen atoms in total. The minimum absolute atomic E-state index is 0.0155. The molecule has 2 N–H and O–H groups in total. The summed E-state index contributed by atoms with van der Waals surface area (Å²) < 4.78 is 0. The van der Waals surface area contributed by atoms with Crippen LogP contribution in [0.4, 0.5) is 0 Å². The Bertz CT molecular complexity index is 619. The van der Waals surface area contributed by atoms with Crippen LogP contribution in [0.3, 0.4) is 0 Å². The molecule has 1 aromatic rings. The first-order chi connectivity index (χ1) is 10.8. The molecule has 0 aromatic heterocycles. The van der Waals surface area contributed by atoms with Gasteiger partial charge in [0.2, 0.25) is 0 Å². The number of rotatable bonds is 4. The number of carbonyl (C=O) groups is 2. The van der Waals surface area contributed by atoms with E-state index in [-0.39, 0.29) is 18.9 Å². The van der Waals surface area contributed by atoms with Crippen LogP contribution in [-0.4, -0.2) is 46.2 Å². The third-order valence-corrected chi connectivity index (χ3v) is 5.02. The van der Waals surface area contributed by atoms with E-state index in [1.54, 1.807) is 18.2 Å². The number of halogens is 1. The quantitative estimate of drug-likeness (QED) is 0.884. The van der Waals surface area contributed by atoms with Crippen LogP contribution in [0.2, 0.25) is 5.02 Å². The molecule has 1 heterocycles. The van der Waals surface area contributed by atoms with Gasteiger partial charge in [0, 0.05) is 23.7 Å². The van der Waals surface area contributed by atoms with E-state index in [1.807, 2.05) is 13.8 Å². The van der Waals surface area contributed by atoms with Gasteiger partial charge in [-0.2, -0.15) is 0 Å². The van der Waals surface area contributed by atoms with Crippen LogP contribution in [-0.2, 0) is 4.79 Å². The highest BCUT2D eigenvalue weighted by molar-refractivity contribution is 6.31. The largest absolute Gasteiger partial charge is 0.481 e. The number of carbonyl (C=O) groups excluding carboxylic acids is 1. The lowest BCUT2D eigenvalue weighted by atomic mass is 9.74. The van der Waals surface area contributed by atoms with Gasteiger partial charge in [-0.3, -0.25) is 9.59 Å². The van der Waals surface area contributed by atoms with Crippen molar-refractivity contribution in [1.82, 2.24) is 4.90 Å². The number of hydrogen-bond donors (Lipinski definition) is 2. The van der Waals surface area contributed by atoms with Crippen LogP contribution < -0.4 is 0 Å². The Kier molecular flexibility index (Phi) is 5.32. The third-order valence-electron chi connectivity index (χ3n) is 4.61. The highest BCUT2D eigenvalue weighted by Gasteiger charge is 2.49. The van der Waals surface area contributed by atoms with Gasteiger partial charge in [0.25, 0.3) is 5.91 Å². The van der Waals surface area contributed by atoms with E-state index in [9.17, 15) is 19.8 Å². The summed E-state index contributed by atoms with van der Waals surface area (Å²) in [6, 6.07) is 5.06. The summed E-state index contributed by atoms with van der Waals surface area (Å²) in [6.07, 6.45) is 0.284. The van der Waals surface area contributed by atoms with E-state index >= 15 is 0 Å². The van der Waals surface area contributed by atoms with E-state index in [2.05, 4.69) is 0 Å². The summed E-state index contributed by atoms with van der Waals surface area (Å²) in [5, 5.41) is 20.4. The molecule has 1 saturated heterocycles. The number of likely N-dealkylation sites (tertiary alicyclic amines) is 1. The van der Waals surface area contributed by atoms with Crippen LogP contribution in [0.15, 0.2) is 18.2 Å². The molecular weight excluding hydrogens is 318 g/mol. The summed E-state index contributed by atoms with van der Waals surface area (Å²) in [4.78, 5) is 25.9. The van der Waals surface area contributed by atoms with Gasteiger partial charge in [0.15, 0.2) is 0 Å². The number of aliphatic hydroxyl groups is 1. The van der Waals surface area contributed by atoms with Gasteiger partial charge in [0.1, 0.15) is 5.41 Å². The normalized spacial score (nSPS) is 24.5. The van der Waals surface area contributed by atoms with Gasteiger partial charge in [-0.25, -0.2) is 0 Å². The average Bonchev–Trinajstić information content (AvgIpc) is 2.51. The zero-order valence-electron chi connectivity index (χ0n) is 13.4. The number of hydrogen-bond acceptors (Lipinski definition) is 3. The first-order valence-corrected chi connectivity index (χ1v) is 8.16. The maximum absolute atomic E-state index is 12.7. The van der Waals surface area contributed by atoms with Gasteiger partial charge in [-0.1, -0.05) is 31.0 Å². The smallest absolute Gasteiger partial charge is 0.314 e. The van der Waals surface area contributed by atoms with Crippen molar-refractivity contribution in [3.8, 4) is 0 Å². The molecular formula is C17H22ClNO4. The number of aliphatic hydroxyl groups excluding tert-OH is 1. The summed E-state index contributed by atoms with van der Waals surface area (Å²) in [5.74, 6) is -1.30. The molecule has 1 fully saturated rings. The molecule has 1 aromatic carbocycles. The van der Waals surface area contributed by atoms with Crippen molar-refractivity contribution in [2.45, 2.75) is 39.2 Å². The molecule has 2 rings (SSSR count). The molecule has 0 unspecified atom stereocenters. The number of aliphatic carboxylic acids is 1. The van der Waals surface area contributed by atoms with Gasteiger partial charge in [-0.15, -0.1) is 0 Å². The predicted molar refractivity (Wildman–Crippen MR) is 87.7 cm³/mol. The molecule has 1 aliphatic heterocycles. The van der Waals surface area contributed by atoms with E-state index in [4.69, 9.17) is 11.6 Å². The zero-order valence-corrected chi connectivity index (χ0v) is 14.1. The number of benzene rings is 1. The predicted octanol–water partition coefficient (Wildman–Crippen LogP) is 2.73. The average molecular weight is 340 g/mol. The van der Waals surface area contributed by atoms with Crippen molar-refractivity contribution in [3.05, 3.63) is 34.3 Å². The van der Waals surface area contributed by atoms with Crippen LogP contribution in [0.1, 0.15) is 42.1 Å². The second-order valence-electron chi connectivity index (χ2n) is 6.21. The Morgan fingerprint density at radius 2 is 2.13 bits per heavy atom. The molecule has 2 atom stereocenters. The standard InChI is InChI=1S/C17H22ClNO4/c1-3-7-17(16(22)23)10-19(8-6-14(17)20)15(21)12-5-4-11(2)13(18)9-12/h4-5,9,14,20H,3,6-8,10H2,1-2H3,(H,22,23)/t14-,17-/m1/s1. The number of carboxylic acid groups (broad SMARTS) is 1. The van der Waals surface area contributed by atoms with Crippen molar-refractivity contribution in [1.29, 1.82) is 0 Å². The Balaban J connectivity index is 2.27. The van der Waals surface area contributed by atoms with Crippen LogP contribution in [0.25, 0.3) is 0 Å². The molecule has 0 saturated carbocycles. The lowest BCUT2D eigenvalue weighted by Crippen LogP contribution is -2.57. The Morgan fingerprint density at radius 1 is 1.43 bits per heavy atom. The van der Waals surface area contributed by atoms with Crippen LogP contribution in [0.5, 0.6) is 0 Å². The van der Waals surface area contributed by atoms with E-state index in [1.165, 1.54) is 4.90 Å². The van der Waals surface area contributed by atoms with Crippen LogP contribution in [0, 0.1) is 12.3 Å². The van der Waals surface area contributed by atoms with Gasteiger partial charge >= 0.3 is 5.97 Å². The maximum atomic E-state index is 12.7. The van der Waals surface area contributed by atoms with Gasteiger partial charge in [0.05, 0.1) is 6.10 Å². The first-order valence-electron chi connectivity index (χ1n) is 7.78. The molecule has 1 amide bonds. The number of amides is 1. The highest BCUT2D eigenvalue weighted by atomic mass is 35.5. The molecule has 1 aliphatic rings. The van der Waals surface area contributed by atoms with Crippen molar-refractivity contribution < 1.29 is 19.8 Å². The zero-order chi connectivity index (χ0) is 17.2. The fourth-order valence-corrected chi connectivity index (χ4v) is 3.35. The maximum Gasteiger partial charge on any atom is 0.314 e. The molecule has 126 valence electrons.